The van der Waals surface area contributed by atoms with Crippen LogP contribution in [-0.4, -0.2) is 61.1 Å². The van der Waals surface area contributed by atoms with Crippen LogP contribution in [0.2, 0.25) is 5.02 Å². The topological polar surface area (TPSA) is 145 Å². The Balaban J connectivity index is 1.47. The Morgan fingerprint density at radius 1 is 1.05 bits per heavy atom. The molecule has 2 aromatic rings. The van der Waals surface area contributed by atoms with Gasteiger partial charge in [-0.1, -0.05) is 11.6 Å². The highest BCUT2D eigenvalue weighted by Gasteiger charge is 2.47. The molecule has 0 aromatic heterocycles. The van der Waals surface area contributed by atoms with Crippen LogP contribution in [-0.2, 0) is 9.84 Å². The van der Waals surface area contributed by atoms with Gasteiger partial charge in [-0.25, -0.2) is 26.4 Å². The van der Waals surface area contributed by atoms with Crippen molar-refractivity contribution in [1.29, 1.82) is 0 Å². The maximum absolute atomic E-state index is 13.6. The van der Waals surface area contributed by atoms with Crippen molar-refractivity contribution in [3.8, 4) is 0 Å². The van der Waals surface area contributed by atoms with Gasteiger partial charge < -0.3 is 26.2 Å². The lowest BCUT2D eigenvalue weighted by molar-refractivity contribution is 0.0955. The Labute approximate surface area is 227 Å². The van der Waals surface area contributed by atoms with Crippen molar-refractivity contribution < 1.29 is 41.4 Å². The number of carbonyl (C=O) groups is 2. The molecule has 2 bridgehead atoms. The second-order valence-corrected chi connectivity index (χ2v) is 12.4. The molecule has 3 amide bonds. The Hall–Kier alpha value is -2.87. The summed E-state index contributed by atoms with van der Waals surface area (Å²) in [6, 6.07) is 4.00. The minimum Gasteiger partial charge on any atom is -0.394 e. The fraction of sp³-hybridized carbons (Fsp3) is 0.440. The van der Waals surface area contributed by atoms with E-state index in [-0.39, 0.29) is 58.4 Å². The van der Waals surface area contributed by atoms with Gasteiger partial charge in [-0.3, -0.25) is 4.79 Å². The van der Waals surface area contributed by atoms with Gasteiger partial charge in [0.05, 0.1) is 27.9 Å². The van der Waals surface area contributed by atoms with Gasteiger partial charge in [0.1, 0.15) is 0 Å². The quantitative estimate of drug-likeness (QED) is 0.299. The summed E-state index contributed by atoms with van der Waals surface area (Å²) in [6.45, 7) is -0.627. The second-order valence-electron chi connectivity index (χ2n) is 9.81. The number of amides is 3. The highest BCUT2D eigenvalue weighted by Crippen LogP contribution is 2.46. The van der Waals surface area contributed by atoms with Gasteiger partial charge in [-0.15, -0.1) is 0 Å². The number of fused-ring (bicyclic) bond motifs is 2. The molecule has 212 valence electrons. The average Bonchev–Trinajstić information content (AvgIpc) is 3.10. The molecule has 0 aliphatic heterocycles. The number of urea groups is 1. The molecule has 2 aliphatic carbocycles. The second kappa shape index (κ2) is 11.7. The van der Waals surface area contributed by atoms with Crippen molar-refractivity contribution in [3.05, 3.63) is 58.4 Å². The molecule has 5 atom stereocenters. The number of halogens is 4. The van der Waals surface area contributed by atoms with E-state index in [1.54, 1.807) is 0 Å². The number of benzene rings is 2. The lowest BCUT2D eigenvalue weighted by Crippen LogP contribution is -2.51. The Morgan fingerprint density at radius 3 is 2.26 bits per heavy atom. The van der Waals surface area contributed by atoms with Crippen LogP contribution in [0, 0.1) is 29.3 Å². The van der Waals surface area contributed by atoms with Gasteiger partial charge in [0.25, 0.3) is 5.91 Å². The summed E-state index contributed by atoms with van der Waals surface area (Å²) < 4.78 is 67.5. The van der Waals surface area contributed by atoms with Crippen molar-refractivity contribution in [3.63, 3.8) is 0 Å². The Kier molecular flexibility index (Phi) is 8.74. The minimum atomic E-state index is -4.01. The van der Waals surface area contributed by atoms with Crippen molar-refractivity contribution in [2.45, 2.75) is 48.0 Å². The fourth-order valence-corrected chi connectivity index (χ4v) is 7.74. The number of aliphatic hydroxyl groups is 2. The van der Waals surface area contributed by atoms with Crippen LogP contribution in [0.1, 0.15) is 36.0 Å². The molecule has 14 heteroatoms. The standard InChI is InChI=1S/C25H27ClF3N3O6S/c26-18-4-3-14(24(35)31-15-8-19(27)22(29)20(28)9-15)7-21(18)39(37,38)17-5-12-1-2-13(6-17)23(12)32-25(36)30-10-16(34)11-33/h3-4,7-9,12-13,16-17,23,33-34H,1-2,5-6,10-11H2,(H,31,35)(H2,30,32,36)/t12-,13?,16?,17-,23?/m0/s1. The normalized spacial score (nSPS) is 23.2. The zero-order chi connectivity index (χ0) is 28.5. The van der Waals surface area contributed by atoms with Gasteiger partial charge in [-0.2, -0.15) is 0 Å². The van der Waals surface area contributed by atoms with Gasteiger partial charge in [0.2, 0.25) is 0 Å². The van der Waals surface area contributed by atoms with Crippen LogP contribution in [0.5, 0.6) is 0 Å². The SMILES string of the molecule is O=C(NCC(O)CO)NC1C2CC[C@H]1C[C@H](S(=O)(=O)c1cc(C(=O)Nc3cc(F)c(F)c(F)c3)ccc1Cl)C2. The highest BCUT2D eigenvalue weighted by atomic mass is 35.5. The smallest absolute Gasteiger partial charge is 0.315 e. The van der Waals surface area contributed by atoms with Crippen molar-refractivity contribution >= 4 is 39.1 Å². The summed E-state index contributed by atoms with van der Waals surface area (Å²) in [4.78, 5) is 24.7. The summed E-state index contributed by atoms with van der Waals surface area (Å²) in [5.41, 5.74) is -0.490. The number of sulfone groups is 1. The molecule has 0 saturated heterocycles. The third kappa shape index (κ3) is 6.32. The minimum absolute atomic E-state index is 0.0974. The number of carbonyl (C=O) groups excluding carboxylic acids is 2. The summed E-state index contributed by atoms with van der Waals surface area (Å²) in [5.74, 6) is -5.79. The molecular weight excluding hydrogens is 563 g/mol. The van der Waals surface area contributed by atoms with Crippen LogP contribution in [0.3, 0.4) is 0 Å². The van der Waals surface area contributed by atoms with E-state index in [1.807, 2.05) is 0 Å². The monoisotopic (exact) mass is 589 g/mol. The summed E-state index contributed by atoms with van der Waals surface area (Å²) in [5, 5.41) is 24.9. The summed E-state index contributed by atoms with van der Waals surface area (Å²) in [7, 11) is -4.01. The number of hydrogen-bond acceptors (Lipinski definition) is 6. The summed E-state index contributed by atoms with van der Waals surface area (Å²) >= 11 is 6.23. The average molecular weight is 590 g/mol. The van der Waals surface area contributed by atoms with Gasteiger partial charge >= 0.3 is 6.03 Å². The van der Waals surface area contributed by atoms with Gasteiger partial charge in [0, 0.05) is 36.0 Å². The van der Waals surface area contributed by atoms with Crippen LogP contribution >= 0.6 is 11.6 Å². The molecule has 0 radical (unpaired) electrons. The third-order valence-corrected chi connectivity index (χ3v) is 9.90. The van der Waals surface area contributed by atoms with Crippen molar-refractivity contribution in [2.75, 3.05) is 18.5 Å². The molecule has 4 rings (SSSR count). The lowest BCUT2D eigenvalue weighted by Gasteiger charge is -2.35. The zero-order valence-electron chi connectivity index (χ0n) is 20.5. The first-order valence-corrected chi connectivity index (χ1v) is 14.2. The molecule has 2 aromatic carbocycles. The lowest BCUT2D eigenvalue weighted by atomic mass is 9.84. The number of aliphatic hydroxyl groups excluding tert-OH is 2. The number of anilines is 1. The first-order chi connectivity index (χ1) is 18.4. The predicted molar refractivity (Wildman–Crippen MR) is 136 cm³/mol. The van der Waals surface area contributed by atoms with Gasteiger partial charge in [0.15, 0.2) is 27.3 Å². The van der Waals surface area contributed by atoms with Gasteiger partial charge in [-0.05, 0) is 55.7 Å². The number of hydrogen-bond donors (Lipinski definition) is 5. The van der Waals surface area contributed by atoms with E-state index in [0.29, 0.717) is 25.0 Å². The van der Waals surface area contributed by atoms with E-state index in [0.717, 1.165) is 6.07 Å². The number of nitrogens with one attached hydrogen (secondary N) is 3. The molecule has 39 heavy (non-hydrogen) atoms. The molecule has 3 unspecified atom stereocenters. The highest BCUT2D eigenvalue weighted by molar-refractivity contribution is 7.92. The zero-order valence-corrected chi connectivity index (χ0v) is 22.0. The first-order valence-electron chi connectivity index (χ1n) is 12.2. The molecule has 0 spiro atoms. The molecule has 2 fully saturated rings. The molecule has 0 heterocycles. The van der Waals surface area contributed by atoms with E-state index in [4.69, 9.17) is 16.7 Å². The van der Waals surface area contributed by atoms with E-state index in [2.05, 4.69) is 16.0 Å². The van der Waals surface area contributed by atoms with E-state index in [1.165, 1.54) is 12.1 Å². The molecule has 2 saturated carbocycles. The molecule has 2 aliphatic rings. The maximum Gasteiger partial charge on any atom is 0.315 e. The Morgan fingerprint density at radius 2 is 1.67 bits per heavy atom. The van der Waals surface area contributed by atoms with E-state index < -0.39 is 57.2 Å². The Bertz CT molecular complexity index is 1340. The molecular formula is C25H27ClF3N3O6S. The van der Waals surface area contributed by atoms with Crippen LogP contribution < -0.4 is 16.0 Å². The van der Waals surface area contributed by atoms with Crippen molar-refractivity contribution in [2.24, 2.45) is 11.8 Å². The number of rotatable bonds is 8. The molecule has 9 nitrogen and oxygen atoms in total. The fourth-order valence-electron chi connectivity index (χ4n) is 5.31. The van der Waals surface area contributed by atoms with Crippen molar-refractivity contribution in [1.82, 2.24) is 10.6 Å². The maximum atomic E-state index is 13.6. The van der Waals surface area contributed by atoms with E-state index >= 15 is 0 Å². The van der Waals surface area contributed by atoms with Crippen LogP contribution in [0.4, 0.5) is 23.7 Å². The molecule has 5 N–H and O–H groups in total. The third-order valence-electron chi connectivity index (χ3n) is 7.24. The van der Waals surface area contributed by atoms with Crippen LogP contribution in [0.15, 0.2) is 35.2 Å². The van der Waals surface area contributed by atoms with E-state index in [9.17, 15) is 36.3 Å². The first kappa shape index (κ1) is 29.1. The predicted octanol–water partition coefficient (Wildman–Crippen LogP) is 2.99. The van der Waals surface area contributed by atoms with Crippen LogP contribution in [0.25, 0.3) is 0 Å². The largest absolute Gasteiger partial charge is 0.394 e. The summed E-state index contributed by atoms with van der Waals surface area (Å²) in [6.07, 6.45) is 0.839.